The summed E-state index contributed by atoms with van der Waals surface area (Å²) in [7, 11) is -2.07. The van der Waals surface area contributed by atoms with Crippen LogP contribution in [0.1, 0.15) is 49.9 Å². The van der Waals surface area contributed by atoms with Crippen LogP contribution in [0.5, 0.6) is 0 Å². The standard InChI is InChI=1S/C66H54N2S/c1-65(2)61-34-19-17-32-57(61)59-42-38-51(45-63(59)65)67(47-22-9-5-10-23-47)49-36-40-55(41-37-49)69(53-27-13-7-14-28-53,54-29-15-8-16-30-54)56-31-21-26-50(44-56)68(48-24-11-6-12-25-48)52-39-43-60-58-33-18-20-35-62(58)66(3,4)64(60)46-52/h5-46H,1-4H3. The quantitative estimate of drug-likeness (QED) is 0.135. The van der Waals surface area contributed by atoms with Crippen LogP contribution in [0.15, 0.2) is 274 Å². The molecule has 0 amide bonds. The van der Waals surface area contributed by atoms with Crippen LogP contribution in [0.4, 0.5) is 34.1 Å². The molecule has 0 radical (unpaired) electrons. The smallest absolute Gasteiger partial charge is 0.0472 e. The van der Waals surface area contributed by atoms with Crippen molar-refractivity contribution in [2.45, 2.75) is 58.1 Å². The minimum Gasteiger partial charge on any atom is -0.310 e. The fraction of sp³-hybridized carbons (Fsp3) is 0.0909. The molecule has 0 unspecified atom stereocenters. The molecule has 2 nitrogen and oxygen atoms in total. The number of rotatable bonds is 10. The van der Waals surface area contributed by atoms with E-state index in [2.05, 4.69) is 292 Å². The molecule has 0 aliphatic heterocycles. The molecule has 334 valence electrons. The van der Waals surface area contributed by atoms with Gasteiger partial charge in [0.25, 0.3) is 0 Å². The molecule has 0 saturated heterocycles. The molecule has 0 N–H and O–H groups in total. The van der Waals surface area contributed by atoms with Gasteiger partial charge < -0.3 is 9.80 Å². The van der Waals surface area contributed by atoms with Crippen LogP contribution in [-0.2, 0) is 10.8 Å². The lowest BCUT2D eigenvalue weighted by molar-refractivity contribution is 0.660. The zero-order valence-electron chi connectivity index (χ0n) is 39.6. The molecule has 0 heterocycles. The predicted molar refractivity (Wildman–Crippen MR) is 291 cm³/mol. The summed E-state index contributed by atoms with van der Waals surface area (Å²) in [4.78, 5) is 9.96. The van der Waals surface area contributed by atoms with Gasteiger partial charge in [-0.2, -0.15) is 0 Å². The molecule has 3 heteroatoms. The minimum atomic E-state index is -2.07. The first-order chi connectivity index (χ1) is 33.7. The van der Waals surface area contributed by atoms with Crippen LogP contribution in [0, 0.1) is 0 Å². The summed E-state index contributed by atoms with van der Waals surface area (Å²) in [6.45, 7) is 9.45. The Hall–Kier alpha value is -7.85. The second-order valence-corrected chi connectivity index (χ2v) is 22.5. The van der Waals surface area contributed by atoms with Gasteiger partial charge in [0.15, 0.2) is 0 Å². The van der Waals surface area contributed by atoms with Crippen molar-refractivity contribution in [3.63, 3.8) is 0 Å². The van der Waals surface area contributed by atoms with Crippen molar-refractivity contribution in [3.05, 3.63) is 277 Å². The Morgan fingerprint density at radius 1 is 0.246 bits per heavy atom. The summed E-state index contributed by atoms with van der Waals surface area (Å²) in [6, 6.07) is 94.8. The van der Waals surface area contributed by atoms with Crippen molar-refractivity contribution < 1.29 is 0 Å². The van der Waals surface area contributed by atoms with Crippen molar-refractivity contribution in [1.29, 1.82) is 0 Å². The van der Waals surface area contributed by atoms with Crippen molar-refractivity contribution >= 4 is 44.2 Å². The molecule has 10 aromatic carbocycles. The SMILES string of the molecule is CC1(C)c2ccccc2-c2ccc(N(c3ccccc3)c3ccc(S(c4ccccc4)(c4ccccc4)c4cccc(N(c5ccccc5)c5ccc6c(c5)C(C)(C)c5ccccc5-6)c4)cc3)cc21. The minimum absolute atomic E-state index is 0.115. The average Bonchev–Trinajstić information content (AvgIpc) is 3.77. The topological polar surface area (TPSA) is 6.48 Å². The van der Waals surface area contributed by atoms with Gasteiger partial charge in [0.05, 0.1) is 0 Å². The molecule has 0 aromatic heterocycles. The van der Waals surface area contributed by atoms with Gasteiger partial charge >= 0.3 is 0 Å². The van der Waals surface area contributed by atoms with Gasteiger partial charge in [0.2, 0.25) is 0 Å². The molecule has 10 aromatic rings. The van der Waals surface area contributed by atoms with E-state index in [0.29, 0.717) is 0 Å². The Balaban J connectivity index is 1.03. The molecule has 0 saturated carbocycles. The van der Waals surface area contributed by atoms with E-state index in [1.54, 1.807) is 0 Å². The van der Waals surface area contributed by atoms with Crippen molar-refractivity contribution in [3.8, 4) is 22.3 Å². The van der Waals surface area contributed by atoms with E-state index in [4.69, 9.17) is 0 Å². The van der Waals surface area contributed by atoms with Crippen LogP contribution in [0.25, 0.3) is 22.3 Å². The highest BCUT2D eigenvalue weighted by atomic mass is 32.3. The molecular weight excluding hydrogens is 853 g/mol. The first-order valence-corrected chi connectivity index (χ1v) is 25.7. The van der Waals surface area contributed by atoms with Gasteiger partial charge in [-0.3, -0.25) is 0 Å². The van der Waals surface area contributed by atoms with E-state index < -0.39 is 10.0 Å². The van der Waals surface area contributed by atoms with E-state index in [1.807, 2.05) is 0 Å². The van der Waals surface area contributed by atoms with Gasteiger partial charge in [0, 0.05) is 64.5 Å². The Bertz CT molecular complexity index is 3450. The number of benzene rings is 10. The Labute approximate surface area is 409 Å². The molecule has 69 heavy (non-hydrogen) atoms. The van der Waals surface area contributed by atoms with E-state index in [9.17, 15) is 0 Å². The molecular formula is C66H54N2S. The molecule has 0 fully saturated rings. The third kappa shape index (κ3) is 6.86. The maximum absolute atomic E-state index is 2.46. The zero-order chi connectivity index (χ0) is 46.7. The lowest BCUT2D eigenvalue weighted by Gasteiger charge is -2.42. The first kappa shape index (κ1) is 42.5. The van der Waals surface area contributed by atoms with E-state index in [0.717, 1.165) is 34.1 Å². The van der Waals surface area contributed by atoms with Gasteiger partial charge in [-0.1, -0.05) is 167 Å². The molecule has 0 bridgehead atoms. The summed E-state index contributed by atoms with van der Waals surface area (Å²) in [6.07, 6.45) is 0. The van der Waals surface area contributed by atoms with Gasteiger partial charge in [-0.25, -0.2) is 0 Å². The van der Waals surface area contributed by atoms with Crippen LogP contribution >= 0.6 is 10.0 Å². The third-order valence-electron chi connectivity index (χ3n) is 14.8. The fourth-order valence-electron chi connectivity index (χ4n) is 11.4. The number of anilines is 6. The number of fused-ring (bicyclic) bond motifs is 6. The predicted octanol–water partition coefficient (Wildman–Crippen LogP) is 18.6. The maximum Gasteiger partial charge on any atom is 0.0472 e. The fourth-order valence-corrected chi connectivity index (χ4v) is 15.3. The molecule has 0 atom stereocenters. The Kier molecular flexibility index (Phi) is 10.3. The summed E-state index contributed by atoms with van der Waals surface area (Å²) in [5, 5.41) is 0. The lowest BCUT2D eigenvalue weighted by Crippen LogP contribution is -2.16. The van der Waals surface area contributed by atoms with Crippen LogP contribution < -0.4 is 9.80 Å². The molecule has 2 aliphatic rings. The second kappa shape index (κ2) is 16.7. The summed E-state index contributed by atoms with van der Waals surface area (Å²) < 4.78 is 0. The number of para-hydroxylation sites is 2. The third-order valence-corrected chi connectivity index (χ3v) is 18.6. The largest absolute Gasteiger partial charge is 0.310 e. The van der Waals surface area contributed by atoms with E-state index in [1.165, 1.54) is 64.1 Å². The second-order valence-electron chi connectivity index (χ2n) is 19.4. The highest BCUT2D eigenvalue weighted by molar-refractivity contribution is 8.34. The van der Waals surface area contributed by atoms with Crippen LogP contribution in [0.2, 0.25) is 0 Å². The summed E-state index contributed by atoms with van der Waals surface area (Å²) in [5.41, 5.74) is 17.3. The normalized spacial score (nSPS) is 14.0. The molecule has 2 aliphatic carbocycles. The van der Waals surface area contributed by atoms with Crippen molar-refractivity contribution in [2.75, 3.05) is 9.80 Å². The molecule has 12 rings (SSSR count). The maximum atomic E-state index is 2.46. The molecule has 0 spiro atoms. The van der Waals surface area contributed by atoms with Gasteiger partial charge in [-0.15, -0.1) is 10.0 Å². The Morgan fingerprint density at radius 2 is 0.565 bits per heavy atom. The van der Waals surface area contributed by atoms with E-state index >= 15 is 0 Å². The van der Waals surface area contributed by atoms with Crippen LogP contribution in [-0.4, -0.2) is 0 Å². The summed E-state index contributed by atoms with van der Waals surface area (Å²) in [5.74, 6) is 0. The zero-order valence-corrected chi connectivity index (χ0v) is 40.4. The van der Waals surface area contributed by atoms with Crippen molar-refractivity contribution in [2.24, 2.45) is 0 Å². The average molecular weight is 907 g/mol. The van der Waals surface area contributed by atoms with Crippen LogP contribution in [0.3, 0.4) is 0 Å². The highest BCUT2D eigenvalue weighted by Gasteiger charge is 2.38. The number of nitrogens with zero attached hydrogens (tertiary/aromatic N) is 2. The van der Waals surface area contributed by atoms with Crippen molar-refractivity contribution in [1.82, 2.24) is 0 Å². The lowest BCUT2D eigenvalue weighted by atomic mass is 9.82. The number of hydrogen-bond acceptors (Lipinski definition) is 2. The number of hydrogen-bond donors (Lipinski definition) is 0. The van der Waals surface area contributed by atoms with Gasteiger partial charge in [0.1, 0.15) is 0 Å². The first-order valence-electron chi connectivity index (χ1n) is 24.1. The van der Waals surface area contributed by atoms with Gasteiger partial charge in [-0.05, 0) is 160 Å². The van der Waals surface area contributed by atoms with E-state index in [-0.39, 0.29) is 10.8 Å². The Morgan fingerprint density at radius 3 is 1.04 bits per heavy atom. The monoisotopic (exact) mass is 906 g/mol. The highest BCUT2D eigenvalue weighted by Crippen LogP contribution is 2.74. The summed E-state index contributed by atoms with van der Waals surface area (Å²) >= 11 is 0.